The average molecular weight is 270 g/mol. The van der Waals surface area contributed by atoms with Gasteiger partial charge in [-0.3, -0.25) is 0 Å². The maximum absolute atomic E-state index is 11.9. The summed E-state index contributed by atoms with van der Waals surface area (Å²) in [5.74, 6) is 0.305. The van der Waals surface area contributed by atoms with Crippen LogP contribution in [-0.4, -0.2) is 29.2 Å². The van der Waals surface area contributed by atoms with Crippen molar-refractivity contribution >= 4 is 12.0 Å². The lowest BCUT2D eigenvalue weighted by molar-refractivity contribution is -0.139. The molecule has 0 radical (unpaired) electrons. The van der Waals surface area contributed by atoms with Crippen molar-refractivity contribution in [2.45, 2.75) is 59.0 Å². The highest BCUT2D eigenvalue weighted by Crippen LogP contribution is 2.30. The number of rotatable bonds is 5. The Morgan fingerprint density at radius 1 is 1.26 bits per heavy atom. The molecule has 5 nitrogen and oxygen atoms in total. The summed E-state index contributed by atoms with van der Waals surface area (Å²) in [6.07, 6.45) is 2.53. The minimum absolute atomic E-state index is 0.156. The average Bonchev–Trinajstić information content (AvgIpc) is 2.59. The first kappa shape index (κ1) is 15.8. The lowest BCUT2D eigenvalue weighted by atomic mass is 9.98. The summed E-state index contributed by atoms with van der Waals surface area (Å²) in [4.78, 5) is 22.9. The Hall–Kier alpha value is -1.26. The van der Waals surface area contributed by atoms with Gasteiger partial charge >= 0.3 is 12.0 Å². The number of hydrogen-bond donors (Lipinski definition) is 3. The Morgan fingerprint density at radius 3 is 2.32 bits per heavy atom. The number of carbonyl (C=O) groups excluding carboxylic acids is 1. The molecule has 0 heterocycles. The number of carboxylic acid groups (broad SMARTS) is 1. The fraction of sp³-hybridized carbons (Fsp3) is 0.857. The summed E-state index contributed by atoms with van der Waals surface area (Å²) < 4.78 is 0. The van der Waals surface area contributed by atoms with Gasteiger partial charge in [-0.1, -0.05) is 27.7 Å². The first-order chi connectivity index (χ1) is 8.81. The van der Waals surface area contributed by atoms with Gasteiger partial charge in [0.05, 0.1) is 0 Å². The van der Waals surface area contributed by atoms with Crippen LogP contribution in [0.25, 0.3) is 0 Å². The SMILES string of the molecule is CC(C)C[C@H](NC(=O)NC1CCC(C)C1C)C(=O)O. The third-order valence-electron chi connectivity index (χ3n) is 4.09. The van der Waals surface area contributed by atoms with Crippen LogP contribution in [-0.2, 0) is 4.79 Å². The molecular weight excluding hydrogens is 244 g/mol. The van der Waals surface area contributed by atoms with Crippen LogP contribution in [0.4, 0.5) is 4.79 Å². The molecule has 0 aromatic rings. The molecule has 0 saturated heterocycles. The van der Waals surface area contributed by atoms with Crippen molar-refractivity contribution in [3.05, 3.63) is 0 Å². The van der Waals surface area contributed by atoms with Crippen molar-refractivity contribution in [2.24, 2.45) is 17.8 Å². The molecule has 1 rings (SSSR count). The van der Waals surface area contributed by atoms with Crippen LogP contribution in [0.2, 0.25) is 0 Å². The van der Waals surface area contributed by atoms with Gasteiger partial charge in [0.2, 0.25) is 0 Å². The minimum atomic E-state index is -0.975. The Bertz CT molecular complexity index is 331. The van der Waals surface area contributed by atoms with Crippen LogP contribution >= 0.6 is 0 Å². The zero-order valence-electron chi connectivity index (χ0n) is 12.3. The summed E-state index contributed by atoms with van der Waals surface area (Å²) in [7, 11) is 0. The summed E-state index contributed by atoms with van der Waals surface area (Å²) in [6, 6.07) is -1.02. The molecule has 0 bridgehead atoms. The summed E-state index contributed by atoms with van der Waals surface area (Å²) in [5, 5.41) is 14.5. The molecule has 3 N–H and O–H groups in total. The lowest BCUT2D eigenvalue weighted by Crippen LogP contribution is -2.50. The highest BCUT2D eigenvalue weighted by molar-refractivity contribution is 5.82. The van der Waals surface area contributed by atoms with Gasteiger partial charge in [-0.25, -0.2) is 9.59 Å². The molecule has 19 heavy (non-hydrogen) atoms. The second-order valence-corrected chi connectivity index (χ2v) is 6.16. The quantitative estimate of drug-likeness (QED) is 0.716. The molecule has 3 unspecified atom stereocenters. The van der Waals surface area contributed by atoms with E-state index in [1.165, 1.54) is 0 Å². The van der Waals surface area contributed by atoms with E-state index in [2.05, 4.69) is 24.5 Å². The molecule has 1 aliphatic rings. The topological polar surface area (TPSA) is 78.4 Å². The Labute approximate surface area is 115 Å². The molecule has 1 aliphatic carbocycles. The molecule has 1 fully saturated rings. The normalized spacial score (nSPS) is 28.2. The lowest BCUT2D eigenvalue weighted by Gasteiger charge is -2.22. The zero-order chi connectivity index (χ0) is 14.6. The van der Waals surface area contributed by atoms with E-state index in [9.17, 15) is 9.59 Å². The summed E-state index contributed by atoms with van der Waals surface area (Å²) in [6.45, 7) is 8.20. The van der Waals surface area contributed by atoms with E-state index in [1.54, 1.807) is 0 Å². The number of carboxylic acids is 1. The van der Waals surface area contributed by atoms with Gasteiger partial charge in [0.1, 0.15) is 6.04 Å². The summed E-state index contributed by atoms with van der Waals surface area (Å²) in [5.41, 5.74) is 0. The molecule has 0 aromatic carbocycles. The number of urea groups is 1. The standard InChI is InChI=1S/C14H26N2O3/c1-8(2)7-12(13(17)18)16-14(19)15-11-6-5-9(3)10(11)4/h8-12H,5-7H2,1-4H3,(H,17,18)(H2,15,16,19)/t9?,10?,11?,12-/m0/s1. The van der Waals surface area contributed by atoms with Gasteiger partial charge in [-0.05, 0) is 37.0 Å². The maximum atomic E-state index is 11.9. The van der Waals surface area contributed by atoms with Crippen LogP contribution < -0.4 is 10.6 Å². The maximum Gasteiger partial charge on any atom is 0.326 e. The number of carbonyl (C=O) groups is 2. The van der Waals surface area contributed by atoms with Crippen LogP contribution in [0.3, 0.4) is 0 Å². The van der Waals surface area contributed by atoms with E-state index in [-0.39, 0.29) is 18.0 Å². The van der Waals surface area contributed by atoms with E-state index in [1.807, 2.05) is 13.8 Å². The second kappa shape index (κ2) is 6.78. The van der Waals surface area contributed by atoms with Crippen LogP contribution in [0, 0.1) is 17.8 Å². The van der Waals surface area contributed by atoms with Gasteiger partial charge < -0.3 is 15.7 Å². The number of hydrogen-bond acceptors (Lipinski definition) is 2. The monoisotopic (exact) mass is 270 g/mol. The van der Waals surface area contributed by atoms with Crippen molar-refractivity contribution in [1.82, 2.24) is 10.6 Å². The molecule has 0 aliphatic heterocycles. The number of nitrogens with one attached hydrogen (secondary N) is 2. The minimum Gasteiger partial charge on any atom is -0.480 e. The van der Waals surface area contributed by atoms with Crippen LogP contribution in [0.5, 0.6) is 0 Å². The Morgan fingerprint density at radius 2 is 1.89 bits per heavy atom. The Balaban J connectivity index is 2.47. The van der Waals surface area contributed by atoms with Gasteiger partial charge in [0.15, 0.2) is 0 Å². The van der Waals surface area contributed by atoms with Crippen molar-refractivity contribution in [3.63, 3.8) is 0 Å². The van der Waals surface area contributed by atoms with Crippen LogP contribution in [0.15, 0.2) is 0 Å². The van der Waals surface area contributed by atoms with E-state index < -0.39 is 12.0 Å². The first-order valence-corrected chi connectivity index (χ1v) is 7.11. The zero-order valence-corrected chi connectivity index (χ0v) is 12.3. The fourth-order valence-corrected chi connectivity index (χ4v) is 2.63. The highest BCUT2D eigenvalue weighted by Gasteiger charge is 2.31. The predicted molar refractivity (Wildman–Crippen MR) is 73.9 cm³/mol. The van der Waals surface area contributed by atoms with E-state index in [4.69, 9.17) is 5.11 Å². The van der Waals surface area contributed by atoms with E-state index in [0.29, 0.717) is 18.3 Å². The molecular formula is C14H26N2O3. The van der Waals surface area contributed by atoms with Gasteiger partial charge in [0.25, 0.3) is 0 Å². The first-order valence-electron chi connectivity index (χ1n) is 7.11. The van der Waals surface area contributed by atoms with Crippen molar-refractivity contribution < 1.29 is 14.7 Å². The second-order valence-electron chi connectivity index (χ2n) is 6.16. The molecule has 0 spiro atoms. The van der Waals surface area contributed by atoms with Crippen molar-refractivity contribution in [1.29, 1.82) is 0 Å². The third kappa shape index (κ3) is 4.73. The molecule has 110 valence electrons. The van der Waals surface area contributed by atoms with Crippen LogP contribution in [0.1, 0.15) is 47.0 Å². The smallest absolute Gasteiger partial charge is 0.326 e. The number of amides is 2. The molecule has 4 atom stereocenters. The molecule has 5 heteroatoms. The summed E-state index contributed by atoms with van der Waals surface area (Å²) >= 11 is 0. The largest absolute Gasteiger partial charge is 0.480 e. The fourth-order valence-electron chi connectivity index (χ4n) is 2.63. The van der Waals surface area contributed by atoms with Gasteiger partial charge in [-0.15, -0.1) is 0 Å². The van der Waals surface area contributed by atoms with Crippen molar-refractivity contribution in [3.8, 4) is 0 Å². The third-order valence-corrected chi connectivity index (χ3v) is 4.09. The number of aliphatic carboxylic acids is 1. The highest BCUT2D eigenvalue weighted by atomic mass is 16.4. The van der Waals surface area contributed by atoms with Gasteiger partial charge in [-0.2, -0.15) is 0 Å². The van der Waals surface area contributed by atoms with E-state index >= 15 is 0 Å². The molecule has 2 amide bonds. The predicted octanol–water partition coefficient (Wildman–Crippen LogP) is 2.22. The Kier molecular flexibility index (Phi) is 5.63. The molecule has 0 aromatic heterocycles. The van der Waals surface area contributed by atoms with Gasteiger partial charge in [0, 0.05) is 6.04 Å². The van der Waals surface area contributed by atoms with E-state index in [0.717, 1.165) is 12.8 Å². The van der Waals surface area contributed by atoms with Crippen molar-refractivity contribution in [2.75, 3.05) is 0 Å². The molecule has 1 saturated carbocycles.